The molecule has 0 spiro atoms. The van der Waals surface area contributed by atoms with Crippen LogP contribution in [-0.2, 0) is 11.6 Å². The molecule has 154 valence electrons. The second-order valence-electron chi connectivity index (χ2n) is 7.85. The zero-order chi connectivity index (χ0) is 21.5. The molecule has 0 aliphatic heterocycles. The molecule has 4 rings (SSSR count). The van der Waals surface area contributed by atoms with Crippen LogP contribution in [0.1, 0.15) is 32.0 Å². The summed E-state index contributed by atoms with van der Waals surface area (Å²) in [5.74, 6) is 0.821. The van der Waals surface area contributed by atoms with Crippen molar-refractivity contribution in [3.63, 3.8) is 0 Å². The van der Waals surface area contributed by atoms with Gasteiger partial charge in [0.05, 0.1) is 16.6 Å². The first-order chi connectivity index (χ1) is 14.1. The lowest BCUT2D eigenvalue weighted by atomic mass is 9.91. The van der Waals surface area contributed by atoms with Crippen molar-refractivity contribution < 1.29 is 13.2 Å². The molecule has 9 heteroatoms. The molecule has 6 nitrogen and oxygen atoms in total. The summed E-state index contributed by atoms with van der Waals surface area (Å²) in [6.07, 6.45) is -2.88. The van der Waals surface area contributed by atoms with Crippen molar-refractivity contribution in [2.45, 2.75) is 32.4 Å². The molecule has 0 aliphatic carbocycles. The summed E-state index contributed by atoms with van der Waals surface area (Å²) in [4.78, 5) is 13.0. The number of benzene rings is 1. The molecule has 0 aliphatic rings. The third kappa shape index (κ3) is 3.83. The predicted octanol–water partition coefficient (Wildman–Crippen LogP) is 5.47. The molecular formula is C21H19F3N6. The van der Waals surface area contributed by atoms with Crippen LogP contribution in [0.2, 0.25) is 0 Å². The second kappa shape index (κ2) is 7.08. The van der Waals surface area contributed by atoms with Gasteiger partial charge >= 0.3 is 6.18 Å². The zero-order valence-electron chi connectivity index (χ0n) is 16.5. The molecule has 0 radical (unpaired) electrons. The minimum Gasteiger partial charge on any atom is -0.323 e. The van der Waals surface area contributed by atoms with Gasteiger partial charge in [-0.2, -0.15) is 18.3 Å². The molecule has 1 aromatic carbocycles. The minimum atomic E-state index is -4.52. The topological polar surface area (TPSA) is 79.4 Å². The van der Waals surface area contributed by atoms with Crippen molar-refractivity contribution in [1.29, 1.82) is 0 Å². The minimum absolute atomic E-state index is 0.00387. The Morgan fingerprint density at radius 3 is 2.47 bits per heavy atom. The lowest BCUT2D eigenvalue weighted by Gasteiger charge is -2.20. The van der Waals surface area contributed by atoms with E-state index in [2.05, 4.69) is 30.5 Å². The average Bonchev–Trinajstić information content (AvgIpc) is 3.09. The van der Waals surface area contributed by atoms with Crippen molar-refractivity contribution >= 4 is 22.7 Å². The van der Waals surface area contributed by atoms with Crippen LogP contribution < -0.4 is 5.32 Å². The molecule has 0 bridgehead atoms. The Labute approximate surface area is 170 Å². The molecular weight excluding hydrogens is 393 g/mol. The fourth-order valence-corrected chi connectivity index (χ4v) is 3.01. The molecule has 0 saturated carbocycles. The van der Waals surface area contributed by atoms with E-state index in [4.69, 9.17) is 0 Å². The lowest BCUT2D eigenvalue weighted by molar-refractivity contribution is -0.137. The summed E-state index contributed by atoms with van der Waals surface area (Å²) < 4.78 is 40.7. The van der Waals surface area contributed by atoms with E-state index in [9.17, 15) is 13.2 Å². The largest absolute Gasteiger partial charge is 0.417 e. The van der Waals surface area contributed by atoms with Crippen molar-refractivity contribution in [3.05, 3.63) is 59.9 Å². The highest BCUT2D eigenvalue weighted by atomic mass is 19.4. The molecule has 3 aromatic heterocycles. The van der Waals surface area contributed by atoms with Crippen LogP contribution in [0.4, 0.5) is 24.8 Å². The van der Waals surface area contributed by atoms with Crippen molar-refractivity contribution in [1.82, 2.24) is 25.1 Å². The number of H-pyrrole nitrogens is 1. The number of aromatic amines is 1. The Kier molecular flexibility index (Phi) is 4.68. The summed E-state index contributed by atoms with van der Waals surface area (Å²) >= 11 is 0. The van der Waals surface area contributed by atoms with E-state index < -0.39 is 17.2 Å². The van der Waals surface area contributed by atoms with Gasteiger partial charge in [-0.1, -0.05) is 39.0 Å². The summed E-state index contributed by atoms with van der Waals surface area (Å²) in [7, 11) is 0. The van der Waals surface area contributed by atoms with Crippen LogP contribution in [0, 0.1) is 0 Å². The van der Waals surface area contributed by atoms with Crippen molar-refractivity contribution in [2.75, 3.05) is 5.32 Å². The number of hydrogen-bond donors (Lipinski definition) is 2. The summed E-state index contributed by atoms with van der Waals surface area (Å²) in [6.45, 7) is 5.81. The molecule has 0 saturated heterocycles. The van der Waals surface area contributed by atoms with Gasteiger partial charge in [-0.05, 0) is 18.2 Å². The summed E-state index contributed by atoms with van der Waals surface area (Å²) in [6, 6.07) is 10.6. The first-order valence-electron chi connectivity index (χ1n) is 9.25. The van der Waals surface area contributed by atoms with Crippen LogP contribution in [0.15, 0.2) is 48.7 Å². The molecule has 30 heavy (non-hydrogen) atoms. The Morgan fingerprint density at radius 2 is 1.73 bits per heavy atom. The number of anilines is 2. The van der Waals surface area contributed by atoms with Gasteiger partial charge in [-0.15, -0.1) is 0 Å². The third-order valence-electron chi connectivity index (χ3n) is 4.55. The third-order valence-corrected chi connectivity index (χ3v) is 4.55. The maximum Gasteiger partial charge on any atom is 0.417 e. The van der Waals surface area contributed by atoms with E-state index in [1.807, 2.05) is 26.8 Å². The van der Waals surface area contributed by atoms with Gasteiger partial charge in [0, 0.05) is 23.2 Å². The first-order valence-corrected chi connectivity index (χ1v) is 9.25. The SMILES string of the molecule is CC(C)(C)c1cc(Nc2n[nH]c3ncccc23)nc(-c2ccccc2C(F)(F)F)n1. The van der Waals surface area contributed by atoms with Crippen molar-refractivity contribution in [3.8, 4) is 11.4 Å². The van der Waals surface area contributed by atoms with E-state index in [0.29, 0.717) is 23.0 Å². The molecule has 4 aromatic rings. The van der Waals surface area contributed by atoms with E-state index in [0.717, 1.165) is 11.5 Å². The number of aromatic nitrogens is 5. The van der Waals surface area contributed by atoms with Gasteiger partial charge in [-0.25, -0.2) is 15.0 Å². The number of halogens is 3. The predicted molar refractivity (Wildman–Crippen MR) is 108 cm³/mol. The molecule has 0 atom stereocenters. The molecule has 0 unspecified atom stereocenters. The number of nitrogens with one attached hydrogen (secondary N) is 2. The van der Waals surface area contributed by atoms with Gasteiger partial charge in [-0.3, -0.25) is 5.10 Å². The monoisotopic (exact) mass is 412 g/mol. The Morgan fingerprint density at radius 1 is 0.967 bits per heavy atom. The highest BCUT2D eigenvalue weighted by Gasteiger charge is 2.34. The van der Waals surface area contributed by atoms with Gasteiger partial charge in [0.2, 0.25) is 0 Å². The fraction of sp³-hybridized carbons (Fsp3) is 0.238. The highest BCUT2D eigenvalue weighted by Crippen LogP contribution is 2.37. The van der Waals surface area contributed by atoms with E-state index in [-0.39, 0.29) is 11.4 Å². The van der Waals surface area contributed by atoms with E-state index in [1.165, 1.54) is 18.2 Å². The Balaban J connectivity index is 1.86. The number of pyridine rings is 1. The number of alkyl halides is 3. The molecule has 3 heterocycles. The van der Waals surface area contributed by atoms with Gasteiger partial charge in [0.25, 0.3) is 0 Å². The summed E-state index contributed by atoms with van der Waals surface area (Å²) in [5.41, 5.74) is -0.0712. The smallest absolute Gasteiger partial charge is 0.323 e. The Bertz CT molecular complexity index is 1210. The molecule has 2 N–H and O–H groups in total. The fourth-order valence-electron chi connectivity index (χ4n) is 3.01. The van der Waals surface area contributed by atoms with Crippen LogP contribution in [0.25, 0.3) is 22.4 Å². The van der Waals surface area contributed by atoms with Crippen LogP contribution in [0.3, 0.4) is 0 Å². The summed E-state index contributed by atoms with van der Waals surface area (Å²) in [5, 5.41) is 10.8. The normalized spacial score (nSPS) is 12.3. The van der Waals surface area contributed by atoms with E-state index in [1.54, 1.807) is 18.3 Å². The maximum absolute atomic E-state index is 13.6. The number of rotatable bonds is 3. The number of hydrogen-bond acceptors (Lipinski definition) is 5. The van der Waals surface area contributed by atoms with E-state index >= 15 is 0 Å². The molecule has 0 fully saturated rings. The number of fused-ring (bicyclic) bond motifs is 1. The highest BCUT2D eigenvalue weighted by molar-refractivity contribution is 5.88. The quantitative estimate of drug-likeness (QED) is 0.466. The van der Waals surface area contributed by atoms with Crippen LogP contribution in [0.5, 0.6) is 0 Å². The van der Waals surface area contributed by atoms with Gasteiger partial charge in [0.15, 0.2) is 17.3 Å². The van der Waals surface area contributed by atoms with Crippen molar-refractivity contribution in [2.24, 2.45) is 0 Å². The van der Waals surface area contributed by atoms with Gasteiger partial charge in [0.1, 0.15) is 5.82 Å². The standard InChI is InChI=1S/C21H19F3N6/c1-20(2,3)15-11-16(28-19-13-8-6-10-25-17(13)29-30-19)27-18(26-15)12-7-4-5-9-14(12)21(22,23)24/h4-11H,1-3H3,(H2,25,26,27,28,29,30). The average molecular weight is 412 g/mol. The number of nitrogens with zero attached hydrogens (tertiary/aromatic N) is 4. The lowest BCUT2D eigenvalue weighted by Crippen LogP contribution is -2.16. The van der Waals surface area contributed by atoms with Crippen LogP contribution >= 0.6 is 0 Å². The maximum atomic E-state index is 13.6. The van der Waals surface area contributed by atoms with Gasteiger partial charge < -0.3 is 5.32 Å². The first kappa shape index (κ1) is 19.8. The molecule has 0 amide bonds. The second-order valence-corrected chi connectivity index (χ2v) is 7.85. The van der Waals surface area contributed by atoms with Crippen LogP contribution in [-0.4, -0.2) is 25.1 Å². The zero-order valence-corrected chi connectivity index (χ0v) is 16.5. The Hall–Kier alpha value is -3.49.